The summed E-state index contributed by atoms with van der Waals surface area (Å²) in [7, 11) is 3.25. The predicted octanol–water partition coefficient (Wildman–Crippen LogP) is 5.41. The van der Waals surface area contributed by atoms with Gasteiger partial charge in [-0.25, -0.2) is 0 Å². The predicted molar refractivity (Wildman–Crippen MR) is 115 cm³/mol. The summed E-state index contributed by atoms with van der Waals surface area (Å²) in [5.74, 6) is 1.61. The highest BCUT2D eigenvalue weighted by molar-refractivity contribution is 5.74. The van der Waals surface area contributed by atoms with Crippen molar-refractivity contribution in [2.75, 3.05) is 27.8 Å². The third kappa shape index (κ3) is 5.83. The second-order valence-electron chi connectivity index (χ2n) is 6.91. The minimum absolute atomic E-state index is 0.213. The number of rotatable bonds is 10. The largest absolute Gasteiger partial charge is 0.468 e. The molecule has 0 N–H and O–H groups in total. The molecule has 3 aromatic rings. The lowest BCUT2D eigenvalue weighted by Crippen LogP contribution is -2.03. The van der Waals surface area contributed by atoms with Crippen LogP contribution in [0.1, 0.15) is 16.7 Å². The molecule has 0 aliphatic rings. The van der Waals surface area contributed by atoms with Crippen LogP contribution in [-0.2, 0) is 22.3 Å². The van der Waals surface area contributed by atoms with Crippen LogP contribution in [0.2, 0.25) is 0 Å². The normalized spacial score (nSPS) is 10.7. The molecule has 0 bridgehead atoms. The number of benzene rings is 3. The van der Waals surface area contributed by atoms with Crippen LogP contribution in [0, 0.1) is 6.92 Å². The molecule has 3 aromatic carbocycles. The Kier molecular flexibility index (Phi) is 7.68. The molecule has 0 radical (unpaired) electrons. The van der Waals surface area contributed by atoms with E-state index in [1.54, 1.807) is 14.2 Å². The molecular formula is C25H28O4. The van der Waals surface area contributed by atoms with Crippen molar-refractivity contribution < 1.29 is 18.9 Å². The Morgan fingerprint density at radius 2 is 1.41 bits per heavy atom. The molecular weight excluding hydrogens is 364 g/mol. The number of hydrogen-bond acceptors (Lipinski definition) is 4. The Balaban J connectivity index is 1.96. The van der Waals surface area contributed by atoms with Crippen LogP contribution >= 0.6 is 0 Å². The first-order valence-corrected chi connectivity index (χ1v) is 9.72. The van der Waals surface area contributed by atoms with Gasteiger partial charge in [-0.1, -0.05) is 48.5 Å². The van der Waals surface area contributed by atoms with E-state index in [0.717, 1.165) is 41.0 Å². The van der Waals surface area contributed by atoms with Gasteiger partial charge in [0.25, 0.3) is 0 Å². The highest BCUT2D eigenvalue weighted by Gasteiger charge is 2.13. The monoisotopic (exact) mass is 392 g/mol. The molecule has 0 amide bonds. The fourth-order valence-corrected chi connectivity index (χ4v) is 3.27. The molecule has 0 heterocycles. The molecule has 0 aromatic heterocycles. The fourth-order valence-electron chi connectivity index (χ4n) is 3.27. The highest BCUT2D eigenvalue weighted by Crippen LogP contribution is 2.35. The van der Waals surface area contributed by atoms with Crippen LogP contribution in [-0.4, -0.2) is 27.8 Å². The molecule has 0 atom stereocenters. The zero-order chi connectivity index (χ0) is 20.5. The van der Waals surface area contributed by atoms with E-state index in [0.29, 0.717) is 0 Å². The quantitative estimate of drug-likeness (QED) is 0.432. The first-order chi connectivity index (χ1) is 14.2. The minimum atomic E-state index is 0.213. The van der Waals surface area contributed by atoms with Gasteiger partial charge in [0.15, 0.2) is 13.6 Å². The summed E-state index contributed by atoms with van der Waals surface area (Å²) in [4.78, 5) is 0. The van der Waals surface area contributed by atoms with Crippen LogP contribution in [0.25, 0.3) is 11.1 Å². The van der Waals surface area contributed by atoms with E-state index in [9.17, 15) is 0 Å². The average Bonchev–Trinajstić information content (AvgIpc) is 2.76. The van der Waals surface area contributed by atoms with E-state index in [1.807, 2.05) is 18.2 Å². The SMILES string of the molecule is COCOc1ccc(-c2ccc(C)cc2OCOC)c(CCc2ccccc2)c1. The molecule has 0 spiro atoms. The van der Waals surface area contributed by atoms with Gasteiger partial charge in [-0.3, -0.25) is 0 Å². The molecule has 152 valence electrons. The molecule has 0 aliphatic carbocycles. The van der Waals surface area contributed by atoms with Crippen LogP contribution in [0.4, 0.5) is 0 Å². The van der Waals surface area contributed by atoms with Crippen molar-refractivity contribution in [2.24, 2.45) is 0 Å². The van der Waals surface area contributed by atoms with Crippen molar-refractivity contribution in [1.82, 2.24) is 0 Å². The molecule has 4 nitrogen and oxygen atoms in total. The van der Waals surface area contributed by atoms with E-state index in [1.165, 1.54) is 11.1 Å². The zero-order valence-corrected chi connectivity index (χ0v) is 17.3. The van der Waals surface area contributed by atoms with Crippen LogP contribution in [0.15, 0.2) is 66.7 Å². The Morgan fingerprint density at radius 3 is 2.17 bits per heavy atom. The van der Waals surface area contributed by atoms with Crippen molar-refractivity contribution in [2.45, 2.75) is 19.8 Å². The van der Waals surface area contributed by atoms with Gasteiger partial charge in [0.1, 0.15) is 11.5 Å². The number of methoxy groups -OCH3 is 2. The smallest absolute Gasteiger partial charge is 0.188 e. The molecule has 0 saturated heterocycles. The van der Waals surface area contributed by atoms with E-state index in [-0.39, 0.29) is 13.6 Å². The van der Waals surface area contributed by atoms with Gasteiger partial charge in [0, 0.05) is 19.8 Å². The number of aryl methyl sites for hydroxylation is 3. The molecule has 0 unspecified atom stereocenters. The lowest BCUT2D eigenvalue weighted by Gasteiger charge is -2.17. The topological polar surface area (TPSA) is 36.9 Å². The second-order valence-corrected chi connectivity index (χ2v) is 6.91. The Labute approximate surface area is 173 Å². The standard InChI is InChI=1S/C25H28O4/c1-19-9-13-24(25(15-19)29-18-27-3)23-14-12-22(28-17-26-2)16-21(23)11-10-20-7-5-4-6-8-20/h4-9,12-16H,10-11,17-18H2,1-3H3. The summed E-state index contributed by atoms with van der Waals surface area (Å²) in [6.45, 7) is 2.50. The first-order valence-electron chi connectivity index (χ1n) is 9.72. The maximum absolute atomic E-state index is 5.86. The third-order valence-corrected chi connectivity index (χ3v) is 4.71. The van der Waals surface area contributed by atoms with Gasteiger partial charge in [-0.2, -0.15) is 0 Å². The van der Waals surface area contributed by atoms with Gasteiger partial charge in [-0.05, 0) is 60.2 Å². The summed E-state index contributed by atoms with van der Waals surface area (Å²) < 4.78 is 21.7. The first kappa shape index (κ1) is 20.9. The van der Waals surface area contributed by atoms with Crippen molar-refractivity contribution in [3.63, 3.8) is 0 Å². The second kappa shape index (κ2) is 10.6. The summed E-state index contributed by atoms with van der Waals surface area (Å²) in [6.07, 6.45) is 1.84. The van der Waals surface area contributed by atoms with Crippen molar-refractivity contribution in [3.05, 3.63) is 83.4 Å². The fraction of sp³-hybridized carbons (Fsp3) is 0.280. The maximum Gasteiger partial charge on any atom is 0.188 e. The van der Waals surface area contributed by atoms with Crippen LogP contribution < -0.4 is 9.47 Å². The third-order valence-electron chi connectivity index (χ3n) is 4.71. The van der Waals surface area contributed by atoms with E-state index < -0.39 is 0 Å². The van der Waals surface area contributed by atoms with Crippen molar-refractivity contribution in [1.29, 1.82) is 0 Å². The van der Waals surface area contributed by atoms with Crippen LogP contribution in [0.3, 0.4) is 0 Å². The van der Waals surface area contributed by atoms with E-state index >= 15 is 0 Å². The molecule has 0 saturated carbocycles. The minimum Gasteiger partial charge on any atom is -0.468 e. The summed E-state index contributed by atoms with van der Waals surface area (Å²) in [6, 6.07) is 22.9. The van der Waals surface area contributed by atoms with E-state index in [2.05, 4.69) is 55.5 Å². The van der Waals surface area contributed by atoms with Gasteiger partial charge >= 0.3 is 0 Å². The summed E-state index contributed by atoms with van der Waals surface area (Å²) in [5.41, 5.74) is 5.84. The Morgan fingerprint density at radius 1 is 0.690 bits per heavy atom. The summed E-state index contributed by atoms with van der Waals surface area (Å²) >= 11 is 0. The number of hydrogen-bond donors (Lipinski definition) is 0. The van der Waals surface area contributed by atoms with E-state index in [4.69, 9.17) is 18.9 Å². The molecule has 0 fully saturated rings. The zero-order valence-electron chi connectivity index (χ0n) is 17.3. The van der Waals surface area contributed by atoms with Gasteiger partial charge in [-0.15, -0.1) is 0 Å². The van der Waals surface area contributed by atoms with Gasteiger partial charge in [0.2, 0.25) is 0 Å². The van der Waals surface area contributed by atoms with Crippen molar-refractivity contribution in [3.8, 4) is 22.6 Å². The molecule has 3 rings (SSSR count). The van der Waals surface area contributed by atoms with Crippen LogP contribution in [0.5, 0.6) is 11.5 Å². The molecule has 0 aliphatic heterocycles. The lowest BCUT2D eigenvalue weighted by atomic mass is 9.93. The number of ether oxygens (including phenoxy) is 4. The average molecular weight is 392 g/mol. The van der Waals surface area contributed by atoms with Crippen molar-refractivity contribution >= 4 is 0 Å². The lowest BCUT2D eigenvalue weighted by molar-refractivity contribution is 0.0509. The highest BCUT2D eigenvalue weighted by atomic mass is 16.7. The Bertz CT molecular complexity index is 906. The maximum atomic E-state index is 5.86. The van der Waals surface area contributed by atoms with Gasteiger partial charge in [0.05, 0.1) is 0 Å². The molecule has 4 heteroatoms. The Hall–Kier alpha value is -2.82. The van der Waals surface area contributed by atoms with Gasteiger partial charge < -0.3 is 18.9 Å². The summed E-state index contributed by atoms with van der Waals surface area (Å²) in [5, 5.41) is 0. The molecule has 29 heavy (non-hydrogen) atoms.